The van der Waals surface area contributed by atoms with Crippen LogP contribution in [0.5, 0.6) is 0 Å². The molecule has 3 nitrogen and oxygen atoms in total. The quantitative estimate of drug-likeness (QED) is 0.670. The second-order valence-corrected chi connectivity index (χ2v) is 3.64. The highest BCUT2D eigenvalue weighted by atomic mass is 32.1. The molecule has 2 N–H and O–H groups in total. The highest BCUT2D eigenvalue weighted by Crippen LogP contribution is 2.21. The van der Waals surface area contributed by atoms with E-state index >= 15 is 0 Å². The fourth-order valence-electron chi connectivity index (χ4n) is 0.758. The molecule has 0 atom stereocenters. The summed E-state index contributed by atoms with van der Waals surface area (Å²) in [5.41, 5.74) is 0.0908. The van der Waals surface area contributed by atoms with E-state index in [2.05, 4.69) is 36.0 Å². The van der Waals surface area contributed by atoms with Crippen molar-refractivity contribution in [2.45, 2.75) is 32.6 Å². The first-order chi connectivity index (χ1) is 5.06. The van der Waals surface area contributed by atoms with Crippen molar-refractivity contribution in [3.05, 3.63) is 10.6 Å². The standard InChI is InChI=1S/C7H13N3S/c1-4-7(2,3)5-8-6(11)10-9-5/h4H2,1-3H3,(H2,8,9,10,11). The Balaban J connectivity index is 3.01. The first-order valence-corrected chi connectivity index (χ1v) is 4.12. The van der Waals surface area contributed by atoms with Crippen LogP contribution in [0.1, 0.15) is 33.0 Å². The summed E-state index contributed by atoms with van der Waals surface area (Å²) in [5, 5.41) is 5.74. The van der Waals surface area contributed by atoms with Crippen molar-refractivity contribution in [1.29, 1.82) is 0 Å². The molecule has 0 aliphatic heterocycles. The average Bonchev–Trinajstić information content (AvgIpc) is 2.36. The number of rotatable bonds is 2. The maximum atomic E-state index is 4.85. The predicted molar refractivity (Wildman–Crippen MR) is 47.1 cm³/mol. The van der Waals surface area contributed by atoms with Gasteiger partial charge in [-0.25, -0.2) is 4.98 Å². The van der Waals surface area contributed by atoms with Crippen LogP contribution < -0.4 is 0 Å². The molecular formula is C7H13N3S. The van der Waals surface area contributed by atoms with E-state index < -0.39 is 0 Å². The van der Waals surface area contributed by atoms with E-state index in [1.54, 1.807) is 0 Å². The average molecular weight is 171 g/mol. The van der Waals surface area contributed by atoms with Gasteiger partial charge in [0.15, 0.2) is 0 Å². The van der Waals surface area contributed by atoms with Gasteiger partial charge in [-0.1, -0.05) is 20.8 Å². The van der Waals surface area contributed by atoms with E-state index in [1.165, 1.54) is 0 Å². The highest BCUT2D eigenvalue weighted by molar-refractivity contribution is 7.71. The first-order valence-electron chi connectivity index (χ1n) is 3.71. The summed E-state index contributed by atoms with van der Waals surface area (Å²) < 4.78 is 0.529. The summed E-state index contributed by atoms with van der Waals surface area (Å²) >= 11 is 4.85. The third-order valence-electron chi connectivity index (χ3n) is 2.03. The molecule has 1 rings (SSSR count). The first kappa shape index (κ1) is 8.46. The van der Waals surface area contributed by atoms with E-state index in [9.17, 15) is 0 Å². The Morgan fingerprint density at radius 1 is 1.45 bits per heavy atom. The lowest BCUT2D eigenvalue weighted by atomic mass is 9.90. The maximum Gasteiger partial charge on any atom is 0.213 e. The summed E-state index contributed by atoms with van der Waals surface area (Å²) in [6, 6.07) is 0. The van der Waals surface area contributed by atoms with Crippen molar-refractivity contribution in [2.24, 2.45) is 0 Å². The Hall–Kier alpha value is -0.640. The summed E-state index contributed by atoms with van der Waals surface area (Å²) in [4.78, 5) is 4.16. The van der Waals surface area contributed by atoms with Crippen LogP contribution in [0.25, 0.3) is 0 Å². The second-order valence-electron chi connectivity index (χ2n) is 3.25. The number of nitrogens with zero attached hydrogens (tertiary/aromatic N) is 1. The van der Waals surface area contributed by atoms with Crippen LogP contribution in [0.4, 0.5) is 0 Å². The maximum absolute atomic E-state index is 4.85. The van der Waals surface area contributed by atoms with E-state index in [-0.39, 0.29) is 5.41 Å². The Labute approximate surface area is 71.2 Å². The van der Waals surface area contributed by atoms with Crippen LogP contribution in [-0.4, -0.2) is 15.2 Å². The van der Waals surface area contributed by atoms with E-state index in [4.69, 9.17) is 12.2 Å². The Morgan fingerprint density at radius 2 is 2.09 bits per heavy atom. The van der Waals surface area contributed by atoms with Crippen LogP contribution in [0.3, 0.4) is 0 Å². The summed E-state index contributed by atoms with van der Waals surface area (Å²) in [7, 11) is 0. The van der Waals surface area contributed by atoms with Crippen LogP contribution in [-0.2, 0) is 5.41 Å². The zero-order valence-corrected chi connectivity index (χ0v) is 7.88. The monoisotopic (exact) mass is 171 g/mol. The fourth-order valence-corrected chi connectivity index (χ4v) is 0.900. The fraction of sp³-hybridized carbons (Fsp3) is 0.714. The van der Waals surface area contributed by atoms with Crippen molar-refractivity contribution in [1.82, 2.24) is 15.2 Å². The van der Waals surface area contributed by atoms with Gasteiger partial charge in [0.1, 0.15) is 5.82 Å². The van der Waals surface area contributed by atoms with Gasteiger partial charge in [-0.3, -0.25) is 10.2 Å². The largest absolute Gasteiger partial charge is 0.285 e. The van der Waals surface area contributed by atoms with Crippen LogP contribution in [0.15, 0.2) is 0 Å². The predicted octanol–water partition coefficient (Wildman–Crippen LogP) is 2.15. The minimum absolute atomic E-state index is 0.0908. The molecule has 0 amide bonds. The number of hydrogen-bond acceptors (Lipinski definition) is 2. The van der Waals surface area contributed by atoms with Gasteiger partial charge < -0.3 is 0 Å². The van der Waals surface area contributed by atoms with Crippen LogP contribution in [0.2, 0.25) is 0 Å². The van der Waals surface area contributed by atoms with Gasteiger partial charge in [0.25, 0.3) is 0 Å². The minimum atomic E-state index is 0.0908. The molecule has 1 aromatic rings. The van der Waals surface area contributed by atoms with Gasteiger partial charge in [0, 0.05) is 5.41 Å². The van der Waals surface area contributed by atoms with Crippen molar-refractivity contribution < 1.29 is 0 Å². The lowest BCUT2D eigenvalue weighted by Gasteiger charge is -2.18. The number of nitrogens with one attached hydrogen (secondary N) is 2. The van der Waals surface area contributed by atoms with Crippen molar-refractivity contribution in [3.63, 3.8) is 0 Å². The molecule has 0 radical (unpaired) electrons. The Kier molecular flexibility index (Phi) is 2.13. The molecule has 0 bridgehead atoms. The summed E-state index contributed by atoms with van der Waals surface area (Å²) in [6.07, 6.45) is 1.04. The lowest BCUT2D eigenvalue weighted by Crippen LogP contribution is -2.17. The van der Waals surface area contributed by atoms with E-state index in [1.807, 2.05) is 0 Å². The number of H-pyrrole nitrogens is 2. The normalized spacial score (nSPS) is 11.9. The third-order valence-corrected chi connectivity index (χ3v) is 2.22. The second kappa shape index (κ2) is 2.77. The molecule has 0 unspecified atom stereocenters. The number of hydrogen-bond donors (Lipinski definition) is 2. The zero-order chi connectivity index (χ0) is 8.48. The molecule has 0 aliphatic carbocycles. The molecular weight excluding hydrogens is 158 g/mol. The molecule has 0 fully saturated rings. The van der Waals surface area contributed by atoms with E-state index in [0.717, 1.165) is 12.2 Å². The Morgan fingerprint density at radius 3 is 2.45 bits per heavy atom. The van der Waals surface area contributed by atoms with E-state index in [0.29, 0.717) is 4.77 Å². The molecule has 1 heterocycles. The van der Waals surface area contributed by atoms with Gasteiger partial charge in [0.2, 0.25) is 4.77 Å². The van der Waals surface area contributed by atoms with Crippen LogP contribution >= 0.6 is 12.2 Å². The smallest absolute Gasteiger partial charge is 0.213 e. The van der Waals surface area contributed by atoms with Gasteiger partial charge in [-0.05, 0) is 18.6 Å². The van der Waals surface area contributed by atoms with Crippen LogP contribution in [0, 0.1) is 4.77 Å². The molecule has 4 heteroatoms. The molecule has 0 aliphatic rings. The summed E-state index contributed by atoms with van der Waals surface area (Å²) in [6.45, 7) is 6.40. The van der Waals surface area contributed by atoms with Gasteiger partial charge in [-0.2, -0.15) is 0 Å². The molecule has 1 aromatic heterocycles. The molecule has 0 spiro atoms. The Bertz CT molecular complexity index is 284. The van der Waals surface area contributed by atoms with Gasteiger partial charge >= 0.3 is 0 Å². The number of aromatic amines is 2. The zero-order valence-electron chi connectivity index (χ0n) is 7.06. The highest BCUT2D eigenvalue weighted by Gasteiger charge is 2.20. The molecule has 0 saturated heterocycles. The molecule has 62 valence electrons. The lowest BCUT2D eigenvalue weighted by molar-refractivity contribution is 0.474. The number of aromatic nitrogens is 3. The SMILES string of the molecule is CCC(C)(C)c1nc(=S)[nH][nH]1. The summed E-state index contributed by atoms with van der Waals surface area (Å²) in [5.74, 6) is 0.935. The molecule has 0 saturated carbocycles. The topological polar surface area (TPSA) is 44.5 Å². The minimum Gasteiger partial charge on any atom is -0.285 e. The van der Waals surface area contributed by atoms with Gasteiger partial charge in [-0.15, -0.1) is 0 Å². The van der Waals surface area contributed by atoms with Crippen molar-refractivity contribution in [3.8, 4) is 0 Å². The van der Waals surface area contributed by atoms with Crippen molar-refractivity contribution in [2.75, 3.05) is 0 Å². The van der Waals surface area contributed by atoms with Crippen molar-refractivity contribution >= 4 is 12.2 Å². The molecule has 11 heavy (non-hydrogen) atoms. The molecule has 0 aromatic carbocycles. The van der Waals surface area contributed by atoms with Gasteiger partial charge in [0.05, 0.1) is 0 Å². The third kappa shape index (κ3) is 1.68.